The Balaban J connectivity index is 2.21. The number of rotatable bonds is 3. The van der Waals surface area contributed by atoms with Gasteiger partial charge in [-0.25, -0.2) is 4.39 Å². The molecule has 96 valence electrons. The van der Waals surface area contributed by atoms with Crippen LogP contribution >= 0.6 is 46.1 Å². The molecule has 2 aromatic rings. The van der Waals surface area contributed by atoms with E-state index in [1.807, 2.05) is 0 Å². The van der Waals surface area contributed by atoms with Crippen molar-refractivity contribution in [1.29, 1.82) is 0 Å². The fraction of sp³-hybridized carbons (Fsp3) is 0.167. The Kier molecular flexibility index (Phi) is 4.51. The summed E-state index contributed by atoms with van der Waals surface area (Å²) in [5.41, 5.74) is 7.63. The highest BCUT2D eigenvalue weighted by molar-refractivity contribution is 7.20. The zero-order valence-corrected chi connectivity index (χ0v) is 12.2. The van der Waals surface area contributed by atoms with Gasteiger partial charge in [-0.05, 0) is 30.2 Å². The van der Waals surface area contributed by atoms with Gasteiger partial charge in [-0.2, -0.15) is 0 Å². The van der Waals surface area contributed by atoms with Gasteiger partial charge >= 0.3 is 0 Å². The van der Waals surface area contributed by atoms with Crippen molar-refractivity contribution in [2.24, 2.45) is 5.73 Å². The van der Waals surface area contributed by atoms with E-state index in [1.165, 1.54) is 23.5 Å². The molecule has 0 aliphatic rings. The van der Waals surface area contributed by atoms with E-state index in [-0.39, 0.29) is 11.9 Å². The Morgan fingerprint density at radius 3 is 2.50 bits per heavy atom. The highest BCUT2D eigenvalue weighted by Gasteiger charge is 2.15. The largest absolute Gasteiger partial charge is 0.324 e. The van der Waals surface area contributed by atoms with Crippen molar-refractivity contribution in [3.8, 4) is 0 Å². The first-order valence-electron chi connectivity index (χ1n) is 5.11. The summed E-state index contributed by atoms with van der Waals surface area (Å²) in [4.78, 5) is 0. The van der Waals surface area contributed by atoms with Crippen molar-refractivity contribution in [3.63, 3.8) is 0 Å². The molecule has 1 heterocycles. The molecule has 2 rings (SSSR count). The minimum atomic E-state index is -0.367. The van der Waals surface area contributed by atoms with E-state index in [1.54, 1.807) is 12.1 Å². The van der Waals surface area contributed by atoms with Crippen LogP contribution in [0.15, 0.2) is 24.3 Å². The molecule has 0 fully saturated rings. The highest BCUT2D eigenvalue weighted by atomic mass is 35.5. The quantitative estimate of drug-likeness (QED) is 0.836. The predicted octanol–water partition coefficient (Wildman–Crippen LogP) is 5.09. The minimum absolute atomic E-state index is 0.316. The fourth-order valence-electron chi connectivity index (χ4n) is 1.64. The van der Waals surface area contributed by atoms with Crippen LogP contribution in [0.3, 0.4) is 0 Å². The zero-order chi connectivity index (χ0) is 13.3. The van der Waals surface area contributed by atoms with Gasteiger partial charge in [0.25, 0.3) is 0 Å². The first kappa shape index (κ1) is 14.1. The summed E-state index contributed by atoms with van der Waals surface area (Å²) in [7, 11) is 0. The van der Waals surface area contributed by atoms with Gasteiger partial charge in [0.2, 0.25) is 0 Å². The van der Waals surface area contributed by atoms with Crippen molar-refractivity contribution in [3.05, 3.63) is 54.9 Å². The number of halogens is 4. The molecule has 1 atom stereocenters. The maximum absolute atomic E-state index is 12.9. The fourth-order valence-corrected chi connectivity index (χ4v) is 3.48. The Bertz CT molecular complexity index is 570. The standard InChI is InChI=1S/C12H9Cl3FNS/c13-9-4-7(16)2-1-6(9)3-10(17)8-5-11(14)18-12(8)15/h1-2,4-5,10H,3,17H2. The van der Waals surface area contributed by atoms with Gasteiger partial charge in [-0.3, -0.25) is 0 Å². The van der Waals surface area contributed by atoms with Gasteiger partial charge in [0, 0.05) is 16.6 Å². The summed E-state index contributed by atoms with van der Waals surface area (Å²) in [6.07, 6.45) is 0.478. The Morgan fingerprint density at radius 2 is 1.94 bits per heavy atom. The Labute approximate surface area is 123 Å². The molecule has 1 aromatic heterocycles. The molecule has 1 aromatic carbocycles. The minimum Gasteiger partial charge on any atom is -0.324 e. The summed E-state index contributed by atoms with van der Waals surface area (Å²) in [6.45, 7) is 0. The van der Waals surface area contributed by atoms with E-state index < -0.39 is 0 Å². The van der Waals surface area contributed by atoms with Crippen LogP contribution in [-0.2, 0) is 6.42 Å². The van der Waals surface area contributed by atoms with Crippen molar-refractivity contribution in [2.75, 3.05) is 0 Å². The maximum Gasteiger partial charge on any atom is 0.124 e. The second kappa shape index (κ2) is 5.76. The number of benzene rings is 1. The third-order valence-corrected chi connectivity index (χ3v) is 4.41. The Morgan fingerprint density at radius 1 is 1.22 bits per heavy atom. The van der Waals surface area contributed by atoms with Crippen LogP contribution in [0.2, 0.25) is 13.7 Å². The molecule has 0 saturated carbocycles. The molecule has 0 aliphatic heterocycles. The van der Waals surface area contributed by atoms with Crippen molar-refractivity contribution >= 4 is 46.1 Å². The van der Waals surface area contributed by atoms with Crippen LogP contribution in [0.5, 0.6) is 0 Å². The SMILES string of the molecule is NC(Cc1ccc(F)cc1Cl)c1cc(Cl)sc1Cl. The van der Waals surface area contributed by atoms with E-state index in [4.69, 9.17) is 40.5 Å². The smallest absolute Gasteiger partial charge is 0.124 e. The second-order valence-electron chi connectivity index (χ2n) is 3.83. The lowest BCUT2D eigenvalue weighted by atomic mass is 10.0. The van der Waals surface area contributed by atoms with Crippen LogP contribution in [0.4, 0.5) is 4.39 Å². The van der Waals surface area contributed by atoms with E-state index in [2.05, 4.69) is 0 Å². The summed E-state index contributed by atoms with van der Waals surface area (Å²) in [5.74, 6) is -0.367. The highest BCUT2D eigenvalue weighted by Crippen LogP contribution is 2.35. The molecule has 6 heteroatoms. The topological polar surface area (TPSA) is 26.0 Å². The van der Waals surface area contributed by atoms with E-state index in [0.29, 0.717) is 20.1 Å². The average molecular weight is 325 g/mol. The summed E-state index contributed by atoms with van der Waals surface area (Å²) >= 11 is 19.1. The van der Waals surface area contributed by atoms with Gasteiger partial charge in [-0.1, -0.05) is 40.9 Å². The van der Waals surface area contributed by atoms with Crippen molar-refractivity contribution in [1.82, 2.24) is 0 Å². The van der Waals surface area contributed by atoms with Crippen molar-refractivity contribution in [2.45, 2.75) is 12.5 Å². The molecule has 1 unspecified atom stereocenters. The van der Waals surface area contributed by atoms with Crippen LogP contribution in [0.1, 0.15) is 17.2 Å². The second-order valence-corrected chi connectivity index (χ2v) is 6.52. The summed E-state index contributed by atoms with van der Waals surface area (Å²) in [5, 5.41) is 0.364. The third kappa shape index (κ3) is 3.16. The molecule has 0 amide bonds. The molecule has 18 heavy (non-hydrogen) atoms. The van der Waals surface area contributed by atoms with E-state index in [9.17, 15) is 4.39 Å². The van der Waals surface area contributed by atoms with Gasteiger partial charge in [0.05, 0.1) is 8.67 Å². The van der Waals surface area contributed by atoms with Crippen LogP contribution in [0.25, 0.3) is 0 Å². The lowest BCUT2D eigenvalue weighted by Crippen LogP contribution is -2.13. The molecule has 1 nitrogen and oxygen atoms in total. The number of hydrogen-bond acceptors (Lipinski definition) is 2. The van der Waals surface area contributed by atoms with Gasteiger partial charge < -0.3 is 5.73 Å². The van der Waals surface area contributed by atoms with Gasteiger partial charge in [-0.15, -0.1) is 11.3 Å². The number of hydrogen-bond donors (Lipinski definition) is 1. The predicted molar refractivity (Wildman–Crippen MR) is 76.4 cm³/mol. The van der Waals surface area contributed by atoms with Crippen LogP contribution in [-0.4, -0.2) is 0 Å². The summed E-state index contributed by atoms with van der Waals surface area (Å²) in [6, 6.07) is 5.68. The molecule has 0 aliphatic carbocycles. The first-order chi connectivity index (χ1) is 8.47. The first-order valence-corrected chi connectivity index (χ1v) is 7.06. The Hall–Kier alpha value is -0.320. The normalized spacial score (nSPS) is 12.7. The molecular weight excluding hydrogens is 316 g/mol. The van der Waals surface area contributed by atoms with E-state index >= 15 is 0 Å². The van der Waals surface area contributed by atoms with Gasteiger partial charge in [0.15, 0.2) is 0 Å². The van der Waals surface area contributed by atoms with Crippen LogP contribution < -0.4 is 5.73 Å². The van der Waals surface area contributed by atoms with Crippen LogP contribution in [0, 0.1) is 5.82 Å². The molecule has 0 radical (unpaired) electrons. The number of thiophene rings is 1. The lowest BCUT2D eigenvalue weighted by Gasteiger charge is -2.12. The monoisotopic (exact) mass is 323 g/mol. The molecule has 0 saturated heterocycles. The maximum atomic E-state index is 12.9. The molecule has 2 N–H and O–H groups in total. The lowest BCUT2D eigenvalue weighted by molar-refractivity contribution is 0.625. The van der Waals surface area contributed by atoms with E-state index in [0.717, 1.165) is 11.1 Å². The molecule has 0 bridgehead atoms. The zero-order valence-electron chi connectivity index (χ0n) is 9.09. The summed E-state index contributed by atoms with van der Waals surface area (Å²) < 4.78 is 14.1. The average Bonchev–Trinajstić information content (AvgIpc) is 2.62. The molecular formula is C12H9Cl3FNS. The van der Waals surface area contributed by atoms with Gasteiger partial charge in [0.1, 0.15) is 5.82 Å². The third-order valence-electron chi connectivity index (χ3n) is 2.54. The molecule has 0 spiro atoms. The number of nitrogens with two attached hydrogens (primary N) is 1. The van der Waals surface area contributed by atoms with Crippen molar-refractivity contribution < 1.29 is 4.39 Å².